The molecular formula is C17H11Cl2FN4O2S2. The minimum Gasteiger partial charge on any atom is -0.343 e. The maximum absolute atomic E-state index is 14.6. The Hall–Kier alpha value is -2.20. The van der Waals surface area contributed by atoms with Crippen molar-refractivity contribution in [3.8, 4) is 0 Å². The monoisotopic (exact) mass is 456 g/mol. The molecule has 144 valence electrons. The molecule has 0 bridgehead atoms. The average Bonchev–Trinajstić information content (AvgIpc) is 3.27. The molecular weight excluding hydrogens is 446 g/mol. The largest absolute Gasteiger partial charge is 0.343 e. The van der Waals surface area contributed by atoms with E-state index in [0.717, 1.165) is 34.6 Å². The molecule has 0 fully saturated rings. The molecule has 0 radical (unpaired) electrons. The number of nitrogens with one attached hydrogen (secondary N) is 1. The molecule has 4 aromatic rings. The number of rotatable bonds is 5. The molecule has 0 aliphatic heterocycles. The van der Waals surface area contributed by atoms with Gasteiger partial charge < -0.3 is 4.57 Å². The van der Waals surface area contributed by atoms with Gasteiger partial charge in [-0.1, -0.05) is 23.2 Å². The Balaban J connectivity index is 1.67. The standard InChI is InChI=1S/C17H11Cl2FN4O2S2/c18-12-1-2-15-10(5-12)3-4-24(15)8-11-6-14(20)16(7-13(11)19)28(25,26)23-17-21-9-22-27-17/h1-7,9H,8H2,(H,21,22,23). The van der Waals surface area contributed by atoms with Crippen molar-refractivity contribution >= 4 is 60.8 Å². The van der Waals surface area contributed by atoms with Gasteiger partial charge >= 0.3 is 0 Å². The lowest BCUT2D eigenvalue weighted by atomic mass is 10.2. The highest BCUT2D eigenvalue weighted by Gasteiger charge is 2.23. The molecule has 0 aliphatic rings. The van der Waals surface area contributed by atoms with Crippen LogP contribution in [0.2, 0.25) is 10.0 Å². The predicted octanol–water partition coefficient (Wildman–Crippen LogP) is 4.79. The molecule has 0 atom stereocenters. The van der Waals surface area contributed by atoms with Gasteiger partial charge in [-0.25, -0.2) is 17.8 Å². The second-order valence-corrected chi connectivity index (χ2v) is 9.15. The van der Waals surface area contributed by atoms with E-state index >= 15 is 0 Å². The van der Waals surface area contributed by atoms with Crippen LogP contribution in [0.1, 0.15) is 5.56 Å². The topological polar surface area (TPSA) is 76.9 Å². The summed E-state index contributed by atoms with van der Waals surface area (Å²) in [5, 5.41) is 1.73. The van der Waals surface area contributed by atoms with Crippen molar-refractivity contribution in [3.05, 3.63) is 70.3 Å². The molecule has 2 aromatic carbocycles. The van der Waals surface area contributed by atoms with Gasteiger partial charge in [0.1, 0.15) is 17.0 Å². The number of aromatic nitrogens is 3. The van der Waals surface area contributed by atoms with Crippen molar-refractivity contribution < 1.29 is 12.8 Å². The van der Waals surface area contributed by atoms with Gasteiger partial charge in [0.05, 0.1) is 0 Å². The Bertz CT molecular complexity index is 1270. The van der Waals surface area contributed by atoms with Crippen molar-refractivity contribution in [1.29, 1.82) is 0 Å². The fourth-order valence-corrected chi connectivity index (χ4v) is 4.99. The highest BCUT2D eigenvalue weighted by molar-refractivity contribution is 7.93. The zero-order valence-electron chi connectivity index (χ0n) is 13.9. The fourth-order valence-electron chi connectivity index (χ4n) is 2.78. The summed E-state index contributed by atoms with van der Waals surface area (Å²) in [5.41, 5.74) is 1.34. The molecule has 4 rings (SSSR count). The Kier molecular flexibility index (Phi) is 5.00. The Morgan fingerprint density at radius 2 is 2.00 bits per heavy atom. The van der Waals surface area contributed by atoms with E-state index in [-0.39, 0.29) is 16.7 Å². The number of sulfonamides is 1. The highest BCUT2D eigenvalue weighted by Crippen LogP contribution is 2.28. The first-order valence-electron chi connectivity index (χ1n) is 7.85. The molecule has 0 unspecified atom stereocenters. The maximum Gasteiger partial charge on any atom is 0.266 e. The molecule has 0 aliphatic carbocycles. The van der Waals surface area contributed by atoms with Crippen LogP contribution in [0.5, 0.6) is 0 Å². The van der Waals surface area contributed by atoms with Gasteiger partial charge in [-0.2, -0.15) is 4.37 Å². The summed E-state index contributed by atoms with van der Waals surface area (Å²) in [6.07, 6.45) is 3.03. The van der Waals surface area contributed by atoms with Crippen LogP contribution in [0.4, 0.5) is 9.52 Å². The number of benzene rings is 2. The van der Waals surface area contributed by atoms with Crippen LogP contribution in [-0.2, 0) is 16.6 Å². The van der Waals surface area contributed by atoms with Gasteiger partial charge in [-0.05, 0) is 42.0 Å². The summed E-state index contributed by atoms with van der Waals surface area (Å²) in [7, 11) is -4.18. The van der Waals surface area contributed by atoms with E-state index < -0.39 is 20.7 Å². The summed E-state index contributed by atoms with van der Waals surface area (Å²) in [4.78, 5) is 3.18. The minimum absolute atomic E-state index is 0.0390. The summed E-state index contributed by atoms with van der Waals surface area (Å²) in [5.74, 6) is -0.907. The van der Waals surface area contributed by atoms with Crippen LogP contribution >= 0.6 is 34.7 Å². The van der Waals surface area contributed by atoms with Crippen molar-refractivity contribution in [2.45, 2.75) is 11.4 Å². The van der Waals surface area contributed by atoms with E-state index in [2.05, 4.69) is 14.1 Å². The van der Waals surface area contributed by atoms with E-state index in [9.17, 15) is 12.8 Å². The Morgan fingerprint density at radius 3 is 2.75 bits per heavy atom. The molecule has 28 heavy (non-hydrogen) atoms. The van der Waals surface area contributed by atoms with Gasteiger partial charge in [0, 0.05) is 45.2 Å². The molecule has 6 nitrogen and oxygen atoms in total. The van der Waals surface area contributed by atoms with Crippen LogP contribution in [0.3, 0.4) is 0 Å². The fraction of sp³-hybridized carbons (Fsp3) is 0.0588. The van der Waals surface area contributed by atoms with Crippen LogP contribution in [0.15, 0.2) is 53.8 Å². The van der Waals surface area contributed by atoms with E-state index in [1.807, 2.05) is 29.0 Å². The second-order valence-electron chi connectivity index (χ2n) is 5.87. The minimum atomic E-state index is -4.18. The number of hydrogen-bond donors (Lipinski definition) is 1. The van der Waals surface area contributed by atoms with E-state index in [0.29, 0.717) is 10.6 Å². The SMILES string of the molecule is O=S(=O)(Nc1ncns1)c1cc(Cl)c(Cn2ccc3cc(Cl)ccc32)cc1F. The summed E-state index contributed by atoms with van der Waals surface area (Å²) in [6, 6.07) is 9.54. The average molecular weight is 457 g/mol. The number of halogens is 3. The molecule has 0 amide bonds. The number of fused-ring (bicyclic) bond motifs is 1. The normalized spacial score (nSPS) is 11.8. The first-order valence-corrected chi connectivity index (χ1v) is 10.9. The predicted molar refractivity (Wildman–Crippen MR) is 108 cm³/mol. The van der Waals surface area contributed by atoms with E-state index in [1.165, 1.54) is 6.33 Å². The van der Waals surface area contributed by atoms with Gasteiger partial charge in [-0.3, -0.25) is 4.72 Å². The van der Waals surface area contributed by atoms with Crippen LogP contribution in [0.25, 0.3) is 10.9 Å². The first-order chi connectivity index (χ1) is 13.3. The number of nitrogens with zero attached hydrogens (tertiary/aromatic N) is 3. The second kappa shape index (κ2) is 7.32. The highest BCUT2D eigenvalue weighted by atomic mass is 35.5. The zero-order chi connectivity index (χ0) is 19.9. The smallest absolute Gasteiger partial charge is 0.266 e. The molecule has 0 spiro atoms. The maximum atomic E-state index is 14.6. The van der Waals surface area contributed by atoms with Gasteiger partial charge in [-0.15, -0.1) is 0 Å². The van der Waals surface area contributed by atoms with Gasteiger partial charge in [0.2, 0.25) is 5.13 Å². The van der Waals surface area contributed by atoms with Crippen molar-refractivity contribution in [3.63, 3.8) is 0 Å². The lowest BCUT2D eigenvalue weighted by Crippen LogP contribution is -2.15. The molecule has 11 heteroatoms. The lowest BCUT2D eigenvalue weighted by Gasteiger charge is -2.11. The van der Waals surface area contributed by atoms with E-state index in [1.54, 1.807) is 6.07 Å². The third kappa shape index (κ3) is 3.70. The number of hydrogen-bond acceptors (Lipinski definition) is 5. The molecule has 0 saturated carbocycles. The number of anilines is 1. The lowest BCUT2D eigenvalue weighted by molar-refractivity contribution is 0.568. The molecule has 2 heterocycles. The molecule has 1 N–H and O–H groups in total. The third-order valence-electron chi connectivity index (χ3n) is 4.05. The van der Waals surface area contributed by atoms with Gasteiger partial charge in [0.15, 0.2) is 0 Å². The third-order valence-corrected chi connectivity index (χ3v) is 6.70. The summed E-state index contributed by atoms with van der Waals surface area (Å²) < 4.78 is 47.2. The van der Waals surface area contributed by atoms with Crippen molar-refractivity contribution in [1.82, 2.24) is 13.9 Å². The zero-order valence-corrected chi connectivity index (χ0v) is 17.1. The molecule has 0 saturated heterocycles. The Labute approximate surface area is 173 Å². The van der Waals surface area contributed by atoms with E-state index in [4.69, 9.17) is 23.2 Å². The quantitative estimate of drug-likeness (QED) is 0.468. The van der Waals surface area contributed by atoms with Crippen LogP contribution in [-0.4, -0.2) is 22.3 Å². The first kappa shape index (κ1) is 19.1. The Morgan fingerprint density at radius 1 is 1.18 bits per heavy atom. The van der Waals surface area contributed by atoms with Crippen LogP contribution in [0, 0.1) is 5.82 Å². The van der Waals surface area contributed by atoms with Crippen molar-refractivity contribution in [2.75, 3.05) is 4.72 Å². The molecule has 2 aromatic heterocycles. The summed E-state index contributed by atoms with van der Waals surface area (Å²) in [6.45, 7) is 0.269. The van der Waals surface area contributed by atoms with Gasteiger partial charge in [0.25, 0.3) is 10.0 Å². The summed E-state index contributed by atoms with van der Waals surface area (Å²) >= 11 is 13.1. The van der Waals surface area contributed by atoms with Crippen LogP contribution < -0.4 is 4.72 Å². The van der Waals surface area contributed by atoms with Crippen molar-refractivity contribution in [2.24, 2.45) is 0 Å².